The van der Waals surface area contributed by atoms with E-state index in [1.165, 1.54) is 25.5 Å². The number of hydrogen-bond acceptors (Lipinski definition) is 3. The Balaban J connectivity index is 1.82. The molecule has 0 aromatic rings. The maximum Gasteiger partial charge on any atom is 0.330 e. The van der Waals surface area contributed by atoms with E-state index < -0.39 is 0 Å². The monoisotopic (exact) mass is 195 g/mol. The molecule has 14 heavy (non-hydrogen) atoms. The lowest BCUT2D eigenvalue weighted by Gasteiger charge is -2.27. The van der Waals surface area contributed by atoms with Crippen molar-refractivity contribution in [3.8, 4) is 0 Å². The fourth-order valence-corrected chi connectivity index (χ4v) is 1.99. The molecule has 78 valence electrons. The van der Waals surface area contributed by atoms with Crippen LogP contribution in [0.4, 0.5) is 0 Å². The van der Waals surface area contributed by atoms with E-state index in [2.05, 4.69) is 9.64 Å². The third-order valence-electron chi connectivity index (χ3n) is 3.03. The van der Waals surface area contributed by atoms with Gasteiger partial charge in [0.05, 0.1) is 7.11 Å². The fraction of sp³-hybridized carbons (Fsp3) is 0.727. The Labute approximate surface area is 84.7 Å². The minimum absolute atomic E-state index is 0.208. The summed E-state index contributed by atoms with van der Waals surface area (Å²) in [6, 6.07) is 0.856. The summed E-state index contributed by atoms with van der Waals surface area (Å²) in [5, 5.41) is 0. The first kappa shape index (κ1) is 9.71. The summed E-state index contributed by atoms with van der Waals surface area (Å²) < 4.78 is 4.61. The smallest absolute Gasteiger partial charge is 0.330 e. The Morgan fingerprint density at radius 2 is 2.07 bits per heavy atom. The molecule has 1 aliphatic carbocycles. The van der Waals surface area contributed by atoms with E-state index in [0.717, 1.165) is 32.0 Å². The molecular formula is C11H17NO2. The SMILES string of the molecule is COC(=O)C=C1CCN(C2CC2)CC1. The predicted octanol–water partition coefficient (Wildman–Crippen LogP) is 1.34. The maximum absolute atomic E-state index is 11.0. The Kier molecular flexibility index (Phi) is 2.87. The first-order valence-corrected chi connectivity index (χ1v) is 5.31. The molecule has 0 amide bonds. The predicted molar refractivity (Wildman–Crippen MR) is 53.9 cm³/mol. The Hall–Kier alpha value is -0.830. The molecular weight excluding hydrogens is 178 g/mol. The zero-order valence-electron chi connectivity index (χ0n) is 8.66. The van der Waals surface area contributed by atoms with Crippen molar-refractivity contribution in [3.05, 3.63) is 11.6 Å². The summed E-state index contributed by atoms with van der Waals surface area (Å²) in [7, 11) is 1.43. The van der Waals surface area contributed by atoms with Gasteiger partial charge >= 0.3 is 5.97 Å². The van der Waals surface area contributed by atoms with Crippen molar-refractivity contribution in [1.29, 1.82) is 0 Å². The van der Waals surface area contributed by atoms with Crippen LogP contribution in [0.3, 0.4) is 0 Å². The highest BCUT2D eigenvalue weighted by molar-refractivity contribution is 5.82. The van der Waals surface area contributed by atoms with Crippen molar-refractivity contribution in [2.75, 3.05) is 20.2 Å². The average molecular weight is 195 g/mol. The molecule has 2 aliphatic rings. The molecule has 1 aliphatic heterocycles. The molecule has 0 radical (unpaired) electrons. The van der Waals surface area contributed by atoms with E-state index in [0.29, 0.717) is 0 Å². The van der Waals surface area contributed by atoms with Crippen LogP contribution in [0.1, 0.15) is 25.7 Å². The van der Waals surface area contributed by atoms with E-state index >= 15 is 0 Å². The van der Waals surface area contributed by atoms with Gasteiger partial charge in [-0.15, -0.1) is 0 Å². The number of nitrogens with zero attached hydrogens (tertiary/aromatic N) is 1. The van der Waals surface area contributed by atoms with Gasteiger partial charge in [-0.05, 0) is 25.7 Å². The third kappa shape index (κ3) is 2.35. The highest BCUT2D eigenvalue weighted by Crippen LogP contribution is 2.30. The highest BCUT2D eigenvalue weighted by Gasteiger charge is 2.30. The number of esters is 1. The fourth-order valence-electron chi connectivity index (χ4n) is 1.99. The summed E-state index contributed by atoms with van der Waals surface area (Å²) in [5.41, 5.74) is 1.24. The molecule has 1 saturated heterocycles. The number of methoxy groups -OCH3 is 1. The van der Waals surface area contributed by atoms with Crippen molar-refractivity contribution < 1.29 is 9.53 Å². The lowest BCUT2D eigenvalue weighted by atomic mass is 10.0. The summed E-state index contributed by atoms with van der Waals surface area (Å²) in [6.07, 6.45) is 6.47. The van der Waals surface area contributed by atoms with Crippen LogP contribution in [0.15, 0.2) is 11.6 Å². The average Bonchev–Trinajstić information content (AvgIpc) is 3.02. The third-order valence-corrected chi connectivity index (χ3v) is 3.03. The molecule has 0 spiro atoms. The molecule has 1 saturated carbocycles. The number of carbonyl (C=O) groups is 1. The number of piperidine rings is 1. The van der Waals surface area contributed by atoms with Gasteiger partial charge < -0.3 is 4.74 Å². The largest absolute Gasteiger partial charge is 0.466 e. The van der Waals surface area contributed by atoms with Crippen LogP contribution in [0.2, 0.25) is 0 Å². The van der Waals surface area contributed by atoms with E-state index in [-0.39, 0.29) is 5.97 Å². The summed E-state index contributed by atoms with van der Waals surface area (Å²) in [6.45, 7) is 2.24. The number of carbonyl (C=O) groups excluding carboxylic acids is 1. The van der Waals surface area contributed by atoms with Gasteiger partial charge in [-0.3, -0.25) is 4.90 Å². The number of ether oxygens (including phenoxy) is 1. The minimum atomic E-state index is -0.208. The number of rotatable bonds is 2. The van der Waals surface area contributed by atoms with Gasteiger partial charge in [0.15, 0.2) is 0 Å². The van der Waals surface area contributed by atoms with E-state index in [4.69, 9.17) is 0 Å². The van der Waals surface area contributed by atoms with Crippen LogP contribution in [0, 0.1) is 0 Å². The van der Waals surface area contributed by atoms with Crippen LogP contribution in [-0.2, 0) is 9.53 Å². The number of likely N-dealkylation sites (tertiary alicyclic amines) is 1. The Morgan fingerprint density at radius 3 is 2.57 bits per heavy atom. The van der Waals surface area contributed by atoms with E-state index in [1.807, 2.05) is 0 Å². The second-order valence-corrected chi connectivity index (χ2v) is 4.09. The molecule has 2 fully saturated rings. The second-order valence-electron chi connectivity index (χ2n) is 4.09. The standard InChI is InChI=1S/C11H17NO2/c1-14-11(13)8-9-4-6-12(7-5-9)10-2-3-10/h8,10H,2-7H2,1H3. The molecule has 3 nitrogen and oxygen atoms in total. The van der Waals surface area contributed by atoms with Crippen LogP contribution in [-0.4, -0.2) is 37.1 Å². The molecule has 0 aromatic carbocycles. The summed E-state index contributed by atoms with van der Waals surface area (Å²) >= 11 is 0. The first-order chi connectivity index (χ1) is 6.79. The molecule has 0 N–H and O–H groups in total. The second kappa shape index (κ2) is 4.13. The molecule has 2 rings (SSSR count). The Morgan fingerprint density at radius 1 is 1.43 bits per heavy atom. The van der Waals surface area contributed by atoms with Crippen molar-refractivity contribution in [2.45, 2.75) is 31.7 Å². The van der Waals surface area contributed by atoms with Crippen LogP contribution < -0.4 is 0 Å². The van der Waals surface area contributed by atoms with Crippen molar-refractivity contribution in [3.63, 3.8) is 0 Å². The van der Waals surface area contributed by atoms with Gasteiger partial charge in [0.1, 0.15) is 0 Å². The lowest BCUT2D eigenvalue weighted by molar-refractivity contribution is -0.134. The van der Waals surface area contributed by atoms with Crippen molar-refractivity contribution in [2.24, 2.45) is 0 Å². The van der Waals surface area contributed by atoms with E-state index in [1.54, 1.807) is 6.08 Å². The van der Waals surface area contributed by atoms with Crippen LogP contribution >= 0.6 is 0 Å². The topological polar surface area (TPSA) is 29.5 Å². The summed E-state index contributed by atoms with van der Waals surface area (Å²) in [4.78, 5) is 13.5. The minimum Gasteiger partial charge on any atom is -0.466 e. The molecule has 0 bridgehead atoms. The lowest BCUT2D eigenvalue weighted by Crippen LogP contribution is -2.32. The maximum atomic E-state index is 11.0. The molecule has 1 heterocycles. The quantitative estimate of drug-likeness (QED) is 0.492. The van der Waals surface area contributed by atoms with Gasteiger partial charge in [0.2, 0.25) is 0 Å². The normalized spacial score (nSPS) is 23.4. The molecule has 3 heteroatoms. The van der Waals surface area contributed by atoms with Gasteiger partial charge in [-0.25, -0.2) is 4.79 Å². The van der Waals surface area contributed by atoms with Crippen LogP contribution in [0.25, 0.3) is 0 Å². The number of hydrogen-bond donors (Lipinski definition) is 0. The van der Waals surface area contributed by atoms with Gasteiger partial charge in [0.25, 0.3) is 0 Å². The molecule has 0 unspecified atom stereocenters. The van der Waals surface area contributed by atoms with Gasteiger partial charge in [0, 0.05) is 25.2 Å². The molecule has 0 atom stereocenters. The van der Waals surface area contributed by atoms with Crippen molar-refractivity contribution >= 4 is 5.97 Å². The van der Waals surface area contributed by atoms with Gasteiger partial charge in [-0.2, -0.15) is 0 Å². The van der Waals surface area contributed by atoms with E-state index in [9.17, 15) is 4.79 Å². The summed E-state index contributed by atoms with van der Waals surface area (Å²) in [5.74, 6) is -0.208. The van der Waals surface area contributed by atoms with Gasteiger partial charge in [-0.1, -0.05) is 5.57 Å². The molecule has 0 aromatic heterocycles. The van der Waals surface area contributed by atoms with Crippen molar-refractivity contribution in [1.82, 2.24) is 4.90 Å². The first-order valence-electron chi connectivity index (χ1n) is 5.31. The Bertz CT molecular complexity index is 246. The highest BCUT2D eigenvalue weighted by atomic mass is 16.5. The zero-order valence-corrected chi connectivity index (χ0v) is 8.66. The zero-order chi connectivity index (χ0) is 9.97. The van der Waals surface area contributed by atoms with Crippen LogP contribution in [0.5, 0.6) is 0 Å².